The summed E-state index contributed by atoms with van der Waals surface area (Å²) in [5, 5.41) is 13.5. The second-order valence-electron chi connectivity index (χ2n) is 8.08. The van der Waals surface area contributed by atoms with Gasteiger partial charge in [-0.2, -0.15) is 0 Å². The summed E-state index contributed by atoms with van der Waals surface area (Å²) in [5.41, 5.74) is 2.89. The summed E-state index contributed by atoms with van der Waals surface area (Å²) in [7, 11) is 0. The van der Waals surface area contributed by atoms with E-state index in [1.807, 2.05) is 6.07 Å². The van der Waals surface area contributed by atoms with Gasteiger partial charge in [-0.25, -0.2) is 0 Å². The number of phenolic OH excluding ortho intramolecular Hbond substituents is 1. The number of hydrogen-bond donors (Lipinski definition) is 2. The van der Waals surface area contributed by atoms with Crippen molar-refractivity contribution in [3.63, 3.8) is 0 Å². The lowest BCUT2D eigenvalue weighted by atomic mass is 9.71. The second kappa shape index (κ2) is 5.40. The van der Waals surface area contributed by atoms with Gasteiger partial charge in [0.2, 0.25) is 0 Å². The highest BCUT2D eigenvalue weighted by molar-refractivity contribution is 5.41. The van der Waals surface area contributed by atoms with Crippen molar-refractivity contribution >= 4 is 0 Å². The summed E-state index contributed by atoms with van der Waals surface area (Å²) in [6.45, 7) is 13.5. The van der Waals surface area contributed by atoms with Crippen molar-refractivity contribution in [1.29, 1.82) is 0 Å². The van der Waals surface area contributed by atoms with Crippen molar-refractivity contribution in [2.45, 2.75) is 58.8 Å². The zero-order chi connectivity index (χ0) is 15.0. The topological polar surface area (TPSA) is 32.3 Å². The van der Waals surface area contributed by atoms with E-state index < -0.39 is 0 Å². The van der Waals surface area contributed by atoms with E-state index in [0.717, 1.165) is 31.5 Å². The Morgan fingerprint density at radius 2 is 1.90 bits per heavy atom. The van der Waals surface area contributed by atoms with Gasteiger partial charge in [0.15, 0.2) is 0 Å². The second-order valence-corrected chi connectivity index (χ2v) is 8.08. The van der Waals surface area contributed by atoms with Crippen LogP contribution in [0.2, 0.25) is 0 Å². The Kier molecular flexibility index (Phi) is 4.15. The summed E-state index contributed by atoms with van der Waals surface area (Å²) in [4.78, 5) is 0. The summed E-state index contributed by atoms with van der Waals surface area (Å²) in [6.07, 6.45) is 2.25. The number of rotatable bonds is 3. The molecular weight excluding hydrogens is 246 g/mol. The highest BCUT2D eigenvalue weighted by Gasteiger charge is 2.29. The summed E-state index contributed by atoms with van der Waals surface area (Å²) >= 11 is 0. The van der Waals surface area contributed by atoms with Crippen LogP contribution >= 0.6 is 0 Å². The molecule has 0 bridgehead atoms. The van der Waals surface area contributed by atoms with Crippen LogP contribution in [0.4, 0.5) is 0 Å². The van der Waals surface area contributed by atoms with Crippen LogP contribution in [0.15, 0.2) is 18.2 Å². The molecule has 0 amide bonds. The van der Waals surface area contributed by atoms with E-state index in [4.69, 9.17) is 0 Å². The monoisotopic (exact) mass is 275 g/mol. The minimum Gasteiger partial charge on any atom is -0.508 e. The third kappa shape index (κ3) is 3.54. The molecule has 2 heteroatoms. The molecule has 1 atom stereocenters. The maximum absolute atomic E-state index is 10.2. The summed E-state index contributed by atoms with van der Waals surface area (Å²) in [5.74, 6) is 0.911. The third-order valence-electron chi connectivity index (χ3n) is 4.28. The molecule has 1 heterocycles. The average Bonchev–Trinajstić information content (AvgIpc) is 2.79. The standard InChI is InChI=1S/C18H29NO/c1-17(2,3)12-18(4,5)14-6-7-16(20)15(10-14)13-8-9-19-11-13/h6-7,10,13,19-20H,8-9,11-12H2,1-5H3. The normalized spacial score (nSPS) is 20.4. The number of nitrogens with one attached hydrogen (secondary N) is 1. The van der Waals surface area contributed by atoms with E-state index in [-0.39, 0.29) is 5.41 Å². The SMILES string of the molecule is CC(C)(C)CC(C)(C)c1ccc(O)c(C2CCNC2)c1. The highest BCUT2D eigenvalue weighted by atomic mass is 16.3. The minimum absolute atomic E-state index is 0.132. The zero-order valence-corrected chi connectivity index (χ0v) is 13.6. The van der Waals surface area contributed by atoms with Crippen molar-refractivity contribution in [1.82, 2.24) is 5.32 Å². The molecule has 2 rings (SSSR count). The first-order chi connectivity index (χ1) is 9.19. The molecule has 1 aromatic carbocycles. The van der Waals surface area contributed by atoms with Gasteiger partial charge in [0, 0.05) is 12.5 Å². The number of phenols is 1. The van der Waals surface area contributed by atoms with E-state index in [2.05, 4.69) is 52.1 Å². The predicted octanol–water partition coefficient (Wildman–Crippen LogP) is 4.18. The lowest BCUT2D eigenvalue weighted by Gasteiger charge is -2.33. The van der Waals surface area contributed by atoms with E-state index in [0.29, 0.717) is 17.1 Å². The van der Waals surface area contributed by atoms with Gasteiger partial charge in [-0.05, 0) is 47.4 Å². The predicted molar refractivity (Wildman–Crippen MR) is 85.4 cm³/mol. The molecule has 2 N–H and O–H groups in total. The van der Waals surface area contributed by atoms with Crippen LogP contribution in [0, 0.1) is 5.41 Å². The van der Waals surface area contributed by atoms with Gasteiger partial charge < -0.3 is 10.4 Å². The van der Waals surface area contributed by atoms with Crippen molar-refractivity contribution in [2.75, 3.05) is 13.1 Å². The van der Waals surface area contributed by atoms with E-state index in [1.165, 1.54) is 5.56 Å². The van der Waals surface area contributed by atoms with Gasteiger partial charge in [-0.15, -0.1) is 0 Å². The molecule has 0 saturated carbocycles. The van der Waals surface area contributed by atoms with Crippen LogP contribution in [0.25, 0.3) is 0 Å². The van der Waals surface area contributed by atoms with Crippen LogP contribution < -0.4 is 5.32 Å². The minimum atomic E-state index is 0.132. The van der Waals surface area contributed by atoms with Gasteiger partial charge in [0.1, 0.15) is 5.75 Å². The molecule has 1 unspecified atom stereocenters. The molecule has 2 nitrogen and oxygen atoms in total. The molecule has 20 heavy (non-hydrogen) atoms. The van der Waals surface area contributed by atoms with Gasteiger partial charge in [0.05, 0.1) is 0 Å². The molecule has 1 aliphatic heterocycles. The molecule has 1 aliphatic rings. The highest BCUT2D eigenvalue weighted by Crippen LogP contribution is 2.39. The molecule has 0 aliphatic carbocycles. The number of hydrogen-bond acceptors (Lipinski definition) is 2. The van der Waals surface area contributed by atoms with E-state index >= 15 is 0 Å². The lowest BCUT2D eigenvalue weighted by Crippen LogP contribution is -2.25. The van der Waals surface area contributed by atoms with E-state index in [1.54, 1.807) is 0 Å². The summed E-state index contributed by atoms with van der Waals surface area (Å²) in [6, 6.07) is 6.21. The van der Waals surface area contributed by atoms with Crippen molar-refractivity contribution in [2.24, 2.45) is 5.41 Å². The maximum atomic E-state index is 10.2. The first-order valence-electron chi connectivity index (χ1n) is 7.73. The largest absolute Gasteiger partial charge is 0.508 e. The Labute approximate surface area is 123 Å². The molecule has 0 radical (unpaired) electrons. The maximum Gasteiger partial charge on any atom is 0.119 e. The molecule has 0 spiro atoms. The fourth-order valence-corrected chi connectivity index (χ4v) is 3.65. The van der Waals surface area contributed by atoms with E-state index in [9.17, 15) is 5.11 Å². The van der Waals surface area contributed by atoms with Gasteiger partial charge in [0.25, 0.3) is 0 Å². The summed E-state index contributed by atoms with van der Waals surface area (Å²) < 4.78 is 0. The molecule has 1 saturated heterocycles. The van der Waals surface area contributed by atoms with Crippen LogP contribution in [-0.4, -0.2) is 18.2 Å². The zero-order valence-electron chi connectivity index (χ0n) is 13.6. The molecule has 112 valence electrons. The Morgan fingerprint density at radius 1 is 1.20 bits per heavy atom. The van der Waals surface area contributed by atoms with Crippen LogP contribution in [-0.2, 0) is 5.41 Å². The molecular formula is C18H29NO. The molecule has 0 aromatic heterocycles. The Morgan fingerprint density at radius 3 is 2.45 bits per heavy atom. The third-order valence-corrected chi connectivity index (χ3v) is 4.28. The lowest BCUT2D eigenvalue weighted by molar-refractivity contribution is 0.284. The molecule has 1 fully saturated rings. The van der Waals surface area contributed by atoms with Crippen LogP contribution in [0.3, 0.4) is 0 Å². The quantitative estimate of drug-likeness (QED) is 0.867. The van der Waals surface area contributed by atoms with Crippen molar-refractivity contribution in [3.05, 3.63) is 29.3 Å². The smallest absolute Gasteiger partial charge is 0.119 e. The van der Waals surface area contributed by atoms with Crippen molar-refractivity contribution in [3.8, 4) is 5.75 Å². The average molecular weight is 275 g/mol. The van der Waals surface area contributed by atoms with Crippen LogP contribution in [0.1, 0.15) is 64.5 Å². The number of aromatic hydroxyl groups is 1. The Balaban J connectivity index is 2.30. The fourth-order valence-electron chi connectivity index (χ4n) is 3.65. The Bertz CT molecular complexity index is 465. The van der Waals surface area contributed by atoms with Gasteiger partial charge in [-0.3, -0.25) is 0 Å². The molecule has 1 aromatic rings. The van der Waals surface area contributed by atoms with Gasteiger partial charge in [-0.1, -0.05) is 46.8 Å². The first kappa shape index (κ1) is 15.4. The van der Waals surface area contributed by atoms with Crippen LogP contribution in [0.5, 0.6) is 5.75 Å². The Hall–Kier alpha value is -1.02. The number of benzene rings is 1. The van der Waals surface area contributed by atoms with Gasteiger partial charge >= 0.3 is 0 Å². The van der Waals surface area contributed by atoms with Crippen molar-refractivity contribution < 1.29 is 5.11 Å². The fraction of sp³-hybridized carbons (Fsp3) is 0.667. The first-order valence-corrected chi connectivity index (χ1v) is 7.73.